The summed E-state index contributed by atoms with van der Waals surface area (Å²) < 4.78 is 12.0. The highest BCUT2D eigenvalue weighted by Gasteiger charge is 2.42. The Morgan fingerprint density at radius 3 is 2.77 bits per heavy atom. The average Bonchev–Trinajstić information content (AvgIpc) is 3.52. The molecule has 3 aromatic heterocycles. The van der Waals surface area contributed by atoms with Gasteiger partial charge in [-0.2, -0.15) is 0 Å². The zero-order valence-electron chi connectivity index (χ0n) is 16.8. The fourth-order valence-electron chi connectivity index (χ4n) is 3.99. The number of hydrogen-bond acceptors (Lipinski definition) is 4. The Kier molecular flexibility index (Phi) is 5.26. The molecule has 1 fully saturated rings. The molecule has 2 unspecified atom stereocenters. The van der Waals surface area contributed by atoms with Gasteiger partial charge in [0.2, 0.25) is 0 Å². The summed E-state index contributed by atoms with van der Waals surface area (Å²) in [6, 6.07) is 19.2. The van der Waals surface area contributed by atoms with Gasteiger partial charge in [0.05, 0.1) is 24.5 Å². The quantitative estimate of drug-likeness (QED) is 0.373. The second-order valence-electron chi connectivity index (χ2n) is 7.45. The number of hydrogen-bond donors (Lipinski definition) is 1. The molecule has 31 heavy (non-hydrogen) atoms. The fraction of sp³-hybridized carbons (Fsp3) is 0.167. The number of furan rings is 2. The third-order valence-corrected chi connectivity index (χ3v) is 6.32. The van der Waals surface area contributed by atoms with Crippen LogP contribution in [0, 0.1) is 6.92 Å². The summed E-state index contributed by atoms with van der Waals surface area (Å²) in [5.74, 6) is 2.39. The summed E-state index contributed by atoms with van der Waals surface area (Å²) in [6.45, 7) is 2.52. The van der Waals surface area contributed by atoms with Crippen molar-refractivity contribution < 1.29 is 8.83 Å². The molecule has 1 aromatic carbocycles. The van der Waals surface area contributed by atoms with E-state index in [1.165, 1.54) is 0 Å². The van der Waals surface area contributed by atoms with Gasteiger partial charge in [0, 0.05) is 16.8 Å². The maximum atomic E-state index is 6.38. The Morgan fingerprint density at radius 1 is 1.10 bits per heavy atom. The van der Waals surface area contributed by atoms with Crippen LogP contribution in [-0.2, 0) is 6.54 Å². The lowest BCUT2D eigenvalue weighted by molar-refractivity contribution is 0.253. The van der Waals surface area contributed by atoms with Gasteiger partial charge in [0.1, 0.15) is 23.3 Å². The summed E-state index contributed by atoms with van der Waals surface area (Å²) in [6.07, 6.45) is 3.45. The van der Waals surface area contributed by atoms with Gasteiger partial charge in [-0.25, -0.2) is 0 Å². The van der Waals surface area contributed by atoms with Crippen molar-refractivity contribution in [3.05, 3.63) is 101 Å². The van der Waals surface area contributed by atoms with Gasteiger partial charge in [-0.15, -0.1) is 0 Å². The number of benzene rings is 1. The van der Waals surface area contributed by atoms with Crippen LogP contribution in [0.3, 0.4) is 0 Å². The number of nitrogens with one attached hydrogen (secondary N) is 1. The highest BCUT2D eigenvalue weighted by atomic mass is 35.5. The second kappa shape index (κ2) is 8.21. The van der Waals surface area contributed by atoms with E-state index in [-0.39, 0.29) is 12.1 Å². The molecule has 7 heteroatoms. The number of rotatable bonds is 5. The maximum absolute atomic E-state index is 6.38. The predicted octanol–water partition coefficient (Wildman–Crippen LogP) is 6.07. The summed E-state index contributed by atoms with van der Waals surface area (Å²) in [5.41, 5.74) is 2.85. The summed E-state index contributed by atoms with van der Waals surface area (Å²) in [4.78, 5) is 6.65. The smallest absolute Gasteiger partial charge is 0.170 e. The molecule has 1 saturated heterocycles. The van der Waals surface area contributed by atoms with Crippen molar-refractivity contribution in [2.45, 2.75) is 25.6 Å². The van der Waals surface area contributed by atoms with Gasteiger partial charge in [0.25, 0.3) is 0 Å². The van der Waals surface area contributed by atoms with Gasteiger partial charge in [-0.05, 0) is 67.2 Å². The first kappa shape index (κ1) is 19.8. The molecule has 0 saturated carbocycles. The molecule has 0 amide bonds. The van der Waals surface area contributed by atoms with E-state index in [0.717, 1.165) is 34.1 Å². The van der Waals surface area contributed by atoms with Crippen LogP contribution in [0.1, 0.15) is 34.9 Å². The third kappa shape index (κ3) is 3.73. The van der Waals surface area contributed by atoms with E-state index in [1.54, 1.807) is 12.5 Å². The minimum atomic E-state index is -0.180. The number of pyridine rings is 1. The zero-order chi connectivity index (χ0) is 21.4. The van der Waals surface area contributed by atoms with Crippen molar-refractivity contribution in [2.24, 2.45) is 0 Å². The lowest BCUT2D eigenvalue weighted by Gasteiger charge is -2.25. The van der Waals surface area contributed by atoms with Crippen molar-refractivity contribution in [3.63, 3.8) is 0 Å². The van der Waals surface area contributed by atoms with Gasteiger partial charge in [0.15, 0.2) is 5.11 Å². The molecule has 0 bridgehead atoms. The normalized spacial score (nSPS) is 18.4. The molecule has 1 N–H and O–H groups in total. The standard InChI is InChI=1S/C24H20ClN3O2S/c1-15-17(7-4-8-18(15)25)20-10-11-21(30-20)23-22(19-9-2-3-12-26-19)27-24(31)28(23)14-16-6-5-13-29-16/h2-13,22-23H,14H2,1H3,(H,27,31). The minimum Gasteiger partial charge on any atom is -0.467 e. The molecule has 4 heterocycles. The van der Waals surface area contributed by atoms with Crippen LogP contribution in [0.2, 0.25) is 5.02 Å². The lowest BCUT2D eigenvalue weighted by Crippen LogP contribution is -2.28. The SMILES string of the molecule is Cc1c(Cl)cccc1-c1ccc(C2C(c3ccccn3)NC(=S)N2Cc2ccco2)o1. The Hall–Kier alpha value is -3.09. The van der Waals surface area contributed by atoms with E-state index in [2.05, 4.69) is 15.2 Å². The van der Waals surface area contributed by atoms with Crippen LogP contribution < -0.4 is 5.32 Å². The molecule has 156 valence electrons. The molecular formula is C24H20ClN3O2S. The molecular weight excluding hydrogens is 430 g/mol. The van der Waals surface area contributed by atoms with E-state index in [9.17, 15) is 0 Å². The largest absolute Gasteiger partial charge is 0.467 e. The third-order valence-electron chi connectivity index (χ3n) is 5.56. The molecule has 5 rings (SSSR count). The number of nitrogens with zero attached hydrogens (tertiary/aromatic N) is 2. The first-order valence-electron chi connectivity index (χ1n) is 9.97. The summed E-state index contributed by atoms with van der Waals surface area (Å²) in [7, 11) is 0. The molecule has 0 aliphatic carbocycles. The number of aromatic nitrogens is 1. The van der Waals surface area contributed by atoms with E-state index >= 15 is 0 Å². The monoisotopic (exact) mass is 449 g/mol. The molecule has 0 spiro atoms. The Balaban J connectivity index is 1.56. The van der Waals surface area contributed by atoms with E-state index in [1.807, 2.05) is 67.6 Å². The molecule has 4 aromatic rings. The highest BCUT2D eigenvalue weighted by Crippen LogP contribution is 2.41. The molecule has 1 aliphatic heterocycles. The van der Waals surface area contributed by atoms with Crippen LogP contribution >= 0.6 is 23.8 Å². The van der Waals surface area contributed by atoms with Crippen LogP contribution in [0.25, 0.3) is 11.3 Å². The van der Waals surface area contributed by atoms with Gasteiger partial charge < -0.3 is 19.1 Å². The lowest BCUT2D eigenvalue weighted by atomic mass is 10.0. The summed E-state index contributed by atoms with van der Waals surface area (Å²) in [5, 5.41) is 4.77. The minimum absolute atomic E-state index is 0.150. The van der Waals surface area contributed by atoms with Gasteiger partial charge in [-0.1, -0.05) is 29.8 Å². The van der Waals surface area contributed by atoms with Crippen LogP contribution in [0.15, 0.2) is 82.0 Å². The first-order chi connectivity index (χ1) is 15.1. The molecule has 0 radical (unpaired) electrons. The summed E-state index contributed by atoms with van der Waals surface area (Å²) >= 11 is 12.0. The Bertz CT molecular complexity index is 1210. The first-order valence-corrected chi connectivity index (χ1v) is 10.8. The van der Waals surface area contributed by atoms with Crippen molar-refractivity contribution >= 4 is 28.9 Å². The molecule has 1 aliphatic rings. The van der Waals surface area contributed by atoms with Crippen LogP contribution in [0.5, 0.6) is 0 Å². The second-order valence-corrected chi connectivity index (χ2v) is 8.24. The Labute approximate surface area is 190 Å². The van der Waals surface area contributed by atoms with Gasteiger partial charge in [-0.3, -0.25) is 4.98 Å². The van der Waals surface area contributed by atoms with Crippen molar-refractivity contribution in [1.82, 2.24) is 15.2 Å². The average molecular weight is 450 g/mol. The highest BCUT2D eigenvalue weighted by molar-refractivity contribution is 7.80. The topological polar surface area (TPSA) is 54.4 Å². The van der Waals surface area contributed by atoms with E-state index < -0.39 is 0 Å². The molecule has 2 atom stereocenters. The van der Waals surface area contributed by atoms with Crippen molar-refractivity contribution in [1.29, 1.82) is 0 Å². The maximum Gasteiger partial charge on any atom is 0.170 e. The van der Waals surface area contributed by atoms with Crippen LogP contribution in [0.4, 0.5) is 0 Å². The van der Waals surface area contributed by atoms with Crippen LogP contribution in [-0.4, -0.2) is 15.0 Å². The molecule has 5 nitrogen and oxygen atoms in total. The van der Waals surface area contributed by atoms with E-state index in [0.29, 0.717) is 16.7 Å². The van der Waals surface area contributed by atoms with E-state index in [4.69, 9.17) is 32.7 Å². The fourth-order valence-corrected chi connectivity index (χ4v) is 4.47. The predicted molar refractivity (Wildman–Crippen MR) is 124 cm³/mol. The van der Waals surface area contributed by atoms with Gasteiger partial charge >= 0.3 is 0 Å². The Morgan fingerprint density at radius 2 is 2.00 bits per heavy atom. The van der Waals surface area contributed by atoms with Crippen molar-refractivity contribution in [2.75, 3.05) is 0 Å². The number of thiocarbonyl (C=S) groups is 1. The number of halogens is 1. The van der Waals surface area contributed by atoms with Crippen molar-refractivity contribution in [3.8, 4) is 11.3 Å². The zero-order valence-corrected chi connectivity index (χ0v) is 18.4.